The van der Waals surface area contributed by atoms with Crippen LogP contribution in [0, 0.1) is 0 Å². The summed E-state index contributed by atoms with van der Waals surface area (Å²) in [5.41, 5.74) is 0. The van der Waals surface area contributed by atoms with E-state index in [0.717, 1.165) is 12.8 Å². The molecule has 1 heterocycles. The Morgan fingerprint density at radius 1 is 0.812 bits per heavy atom. The molecule has 0 aromatic carbocycles. The minimum Gasteiger partial charge on any atom is -0.465 e. The van der Waals surface area contributed by atoms with E-state index in [2.05, 4.69) is 12.2 Å². The first-order valence-electron chi connectivity index (χ1n) is 6.70. The minimum absolute atomic E-state index is 0.0247. The first-order valence-corrected chi connectivity index (χ1v) is 6.70. The van der Waals surface area contributed by atoms with Crippen molar-refractivity contribution in [3.8, 4) is 0 Å². The van der Waals surface area contributed by atoms with Crippen molar-refractivity contribution in [3.63, 3.8) is 0 Å². The Morgan fingerprint density at radius 2 is 1.44 bits per heavy atom. The Kier molecular flexibility index (Phi) is 7.83. The molecule has 0 spiro atoms. The van der Waals surface area contributed by atoms with Gasteiger partial charge in [0, 0.05) is 6.42 Å². The number of hydrogen-bond acceptors (Lipinski definition) is 2. The Balaban J connectivity index is 2.20. The Morgan fingerprint density at radius 3 is 2.25 bits per heavy atom. The molecule has 0 aromatic rings. The van der Waals surface area contributed by atoms with Crippen LogP contribution in [0.5, 0.6) is 0 Å². The van der Waals surface area contributed by atoms with Crippen molar-refractivity contribution in [2.45, 2.75) is 64.2 Å². The molecule has 0 amide bonds. The van der Waals surface area contributed by atoms with E-state index in [1.807, 2.05) is 0 Å². The second-order valence-corrected chi connectivity index (χ2v) is 4.49. The normalized spacial score (nSPS) is 23.9. The molecule has 0 aliphatic carbocycles. The molecule has 0 atom stereocenters. The standard InChI is InChI=1S/C14H24O2/c15-14-12-10-8-6-4-2-1-3-5-7-9-11-13-16-14/h7,9H,1-6,8,10-13H2/b9-7+. The van der Waals surface area contributed by atoms with Gasteiger partial charge >= 0.3 is 5.97 Å². The van der Waals surface area contributed by atoms with E-state index in [1.165, 1.54) is 44.9 Å². The fourth-order valence-corrected chi connectivity index (χ4v) is 1.96. The zero-order valence-electron chi connectivity index (χ0n) is 10.2. The summed E-state index contributed by atoms with van der Waals surface area (Å²) in [6.07, 6.45) is 15.7. The predicted molar refractivity (Wildman–Crippen MR) is 66.3 cm³/mol. The topological polar surface area (TPSA) is 26.3 Å². The van der Waals surface area contributed by atoms with Crippen LogP contribution in [-0.4, -0.2) is 12.6 Å². The second kappa shape index (κ2) is 9.44. The van der Waals surface area contributed by atoms with Gasteiger partial charge in [-0.2, -0.15) is 0 Å². The molecule has 0 radical (unpaired) electrons. The van der Waals surface area contributed by atoms with Gasteiger partial charge in [-0.15, -0.1) is 0 Å². The first-order chi connectivity index (χ1) is 7.89. The van der Waals surface area contributed by atoms with Gasteiger partial charge in [0.15, 0.2) is 0 Å². The molecule has 0 unspecified atom stereocenters. The molecule has 0 bridgehead atoms. The summed E-state index contributed by atoms with van der Waals surface area (Å²) in [7, 11) is 0. The monoisotopic (exact) mass is 224 g/mol. The fourth-order valence-electron chi connectivity index (χ4n) is 1.96. The number of carbonyl (C=O) groups is 1. The molecule has 1 aliphatic heterocycles. The van der Waals surface area contributed by atoms with Crippen molar-refractivity contribution >= 4 is 5.97 Å². The summed E-state index contributed by atoms with van der Waals surface area (Å²) >= 11 is 0. The van der Waals surface area contributed by atoms with Crippen LogP contribution < -0.4 is 0 Å². The smallest absolute Gasteiger partial charge is 0.305 e. The van der Waals surface area contributed by atoms with E-state index < -0.39 is 0 Å². The predicted octanol–water partition coefficient (Wildman–Crippen LogP) is 4.00. The zero-order valence-corrected chi connectivity index (χ0v) is 10.2. The van der Waals surface area contributed by atoms with Gasteiger partial charge in [0.05, 0.1) is 6.61 Å². The van der Waals surface area contributed by atoms with Crippen molar-refractivity contribution in [1.29, 1.82) is 0 Å². The summed E-state index contributed by atoms with van der Waals surface area (Å²) in [5, 5.41) is 0. The maximum atomic E-state index is 11.3. The molecule has 16 heavy (non-hydrogen) atoms. The van der Waals surface area contributed by atoms with Crippen LogP contribution in [0.25, 0.3) is 0 Å². The minimum atomic E-state index is -0.0247. The maximum absolute atomic E-state index is 11.3. The number of esters is 1. The molecule has 2 heteroatoms. The number of allylic oxidation sites excluding steroid dienone is 1. The van der Waals surface area contributed by atoms with Crippen LogP contribution in [0.3, 0.4) is 0 Å². The van der Waals surface area contributed by atoms with Crippen molar-refractivity contribution in [3.05, 3.63) is 12.2 Å². The van der Waals surface area contributed by atoms with E-state index in [1.54, 1.807) is 0 Å². The molecule has 92 valence electrons. The third-order valence-corrected chi connectivity index (χ3v) is 2.97. The molecule has 2 nitrogen and oxygen atoms in total. The van der Waals surface area contributed by atoms with E-state index in [9.17, 15) is 4.79 Å². The van der Waals surface area contributed by atoms with Gasteiger partial charge in [0.2, 0.25) is 0 Å². The Bertz CT molecular complexity index is 209. The number of hydrogen-bond donors (Lipinski definition) is 0. The second-order valence-electron chi connectivity index (χ2n) is 4.49. The summed E-state index contributed by atoms with van der Waals surface area (Å²) in [4.78, 5) is 11.3. The summed E-state index contributed by atoms with van der Waals surface area (Å²) in [6.45, 7) is 0.551. The van der Waals surface area contributed by atoms with Gasteiger partial charge < -0.3 is 4.74 Å². The average molecular weight is 224 g/mol. The molecule has 0 saturated carbocycles. The van der Waals surface area contributed by atoms with Crippen LogP contribution in [0.2, 0.25) is 0 Å². The molecular formula is C14H24O2. The zero-order chi connectivity index (χ0) is 11.5. The highest BCUT2D eigenvalue weighted by molar-refractivity contribution is 5.69. The number of carbonyl (C=O) groups excluding carboxylic acids is 1. The van der Waals surface area contributed by atoms with Crippen molar-refractivity contribution < 1.29 is 9.53 Å². The SMILES string of the molecule is O=C1CCCCCCCCC/C=C/CCO1. The van der Waals surface area contributed by atoms with Gasteiger partial charge in [-0.25, -0.2) is 0 Å². The number of ether oxygens (including phenoxy) is 1. The van der Waals surface area contributed by atoms with E-state index in [0.29, 0.717) is 13.0 Å². The third kappa shape index (κ3) is 7.49. The summed E-state index contributed by atoms with van der Waals surface area (Å²) in [5.74, 6) is -0.0247. The quantitative estimate of drug-likeness (QED) is 0.459. The molecule has 0 aromatic heterocycles. The van der Waals surface area contributed by atoms with Gasteiger partial charge in [-0.3, -0.25) is 4.79 Å². The van der Waals surface area contributed by atoms with E-state index >= 15 is 0 Å². The van der Waals surface area contributed by atoms with Crippen molar-refractivity contribution in [1.82, 2.24) is 0 Å². The summed E-state index contributed by atoms with van der Waals surface area (Å²) < 4.78 is 5.13. The Labute approximate surface area is 99.1 Å². The molecule has 0 saturated heterocycles. The van der Waals surface area contributed by atoms with Crippen LogP contribution >= 0.6 is 0 Å². The van der Waals surface area contributed by atoms with Gasteiger partial charge in [0.25, 0.3) is 0 Å². The maximum Gasteiger partial charge on any atom is 0.305 e. The largest absolute Gasteiger partial charge is 0.465 e. The van der Waals surface area contributed by atoms with Crippen molar-refractivity contribution in [2.24, 2.45) is 0 Å². The molecule has 0 fully saturated rings. The molecule has 1 rings (SSSR count). The molecule has 1 aliphatic rings. The van der Waals surface area contributed by atoms with E-state index in [-0.39, 0.29) is 5.97 Å². The highest BCUT2D eigenvalue weighted by atomic mass is 16.5. The molecule has 0 N–H and O–H groups in total. The van der Waals surface area contributed by atoms with Gasteiger partial charge in [0.1, 0.15) is 0 Å². The summed E-state index contributed by atoms with van der Waals surface area (Å²) in [6, 6.07) is 0. The highest BCUT2D eigenvalue weighted by Gasteiger charge is 2.01. The lowest BCUT2D eigenvalue weighted by Gasteiger charge is -2.02. The van der Waals surface area contributed by atoms with Crippen LogP contribution in [-0.2, 0) is 9.53 Å². The van der Waals surface area contributed by atoms with Crippen LogP contribution in [0.1, 0.15) is 64.2 Å². The third-order valence-electron chi connectivity index (χ3n) is 2.97. The first kappa shape index (κ1) is 13.3. The van der Waals surface area contributed by atoms with Gasteiger partial charge in [-0.1, -0.05) is 44.3 Å². The number of rotatable bonds is 0. The lowest BCUT2D eigenvalue weighted by Crippen LogP contribution is -2.04. The molecular weight excluding hydrogens is 200 g/mol. The Hall–Kier alpha value is -0.790. The van der Waals surface area contributed by atoms with E-state index in [4.69, 9.17) is 4.74 Å². The van der Waals surface area contributed by atoms with Crippen LogP contribution in [0.15, 0.2) is 12.2 Å². The lowest BCUT2D eigenvalue weighted by molar-refractivity contribution is -0.143. The highest BCUT2D eigenvalue weighted by Crippen LogP contribution is 2.11. The fraction of sp³-hybridized carbons (Fsp3) is 0.786. The average Bonchev–Trinajstić information content (AvgIpc) is 2.29. The lowest BCUT2D eigenvalue weighted by atomic mass is 10.1. The van der Waals surface area contributed by atoms with Gasteiger partial charge in [-0.05, 0) is 25.7 Å². The number of cyclic esters (lactones) is 1. The van der Waals surface area contributed by atoms with Crippen molar-refractivity contribution in [2.75, 3.05) is 6.61 Å². The van der Waals surface area contributed by atoms with Crippen LogP contribution in [0.4, 0.5) is 0 Å².